The van der Waals surface area contributed by atoms with Gasteiger partial charge in [0.2, 0.25) is 0 Å². The number of aliphatic hydroxyl groups excluding tert-OH is 1. The molecule has 2 aliphatic heterocycles. The summed E-state index contributed by atoms with van der Waals surface area (Å²) in [5.74, 6) is 0. The number of rotatable bonds is 5. The third-order valence-corrected chi connectivity index (χ3v) is 6.85. The number of carbonyl (C=O) groups is 1. The molecule has 5 rings (SSSR count). The van der Waals surface area contributed by atoms with Crippen molar-refractivity contribution in [1.82, 2.24) is 25.5 Å². The quantitative estimate of drug-likeness (QED) is 0.430. The van der Waals surface area contributed by atoms with Crippen LogP contribution in [0.2, 0.25) is 0 Å². The van der Waals surface area contributed by atoms with E-state index in [1.807, 2.05) is 49.1 Å². The maximum atomic E-state index is 11.5. The van der Waals surface area contributed by atoms with E-state index in [2.05, 4.69) is 27.0 Å². The molecule has 0 aliphatic carbocycles. The molecule has 33 heavy (non-hydrogen) atoms. The average Bonchev–Trinajstić information content (AvgIpc) is 3.36. The second kappa shape index (κ2) is 8.12. The van der Waals surface area contributed by atoms with Crippen molar-refractivity contribution in [2.24, 2.45) is 0 Å². The molecular weight excluding hydrogens is 438 g/mol. The Bertz CT molecular complexity index is 1260. The van der Waals surface area contributed by atoms with Crippen LogP contribution in [0.15, 0.2) is 36.4 Å². The normalized spacial score (nSPS) is 17.7. The van der Waals surface area contributed by atoms with Gasteiger partial charge < -0.3 is 21.1 Å². The molecule has 0 bridgehead atoms. The van der Waals surface area contributed by atoms with Crippen LogP contribution < -0.4 is 16.0 Å². The fourth-order valence-electron chi connectivity index (χ4n) is 4.35. The van der Waals surface area contributed by atoms with Crippen molar-refractivity contribution >= 4 is 22.5 Å². The summed E-state index contributed by atoms with van der Waals surface area (Å²) in [6.07, 6.45) is -0.939. The average molecular weight is 462 g/mol. The highest BCUT2D eigenvalue weighted by molar-refractivity contribution is 7.19. The summed E-state index contributed by atoms with van der Waals surface area (Å²) in [4.78, 5) is 23.5. The van der Waals surface area contributed by atoms with Crippen LogP contribution in [-0.4, -0.2) is 57.5 Å². The topological polar surface area (TPSA) is 126 Å². The molecule has 2 aliphatic rings. The highest BCUT2D eigenvalue weighted by Gasteiger charge is 2.49. The molecule has 2 saturated heterocycles. The summed E-state index contributed by atoms with van der Waals surface area (Å²) in [6, 6.07) is 13.4. The molecule has 0 radical (unpaired) electrons. The van der Waals surface area contributed by atoms with Gasteiger partial charge in [-0.3, -0.25) is 9.88 Å². The van der Waals surface area contributed by atoms with E-state index in [1.165, 1.54) is 11.3 Å². The smallest absolute Gasteiger partial charge is 0.315 e. The van der Waals surface area contributed by atoms with Crippen molar-refractivity contribution < 1.29 is 9.90 Å². The highest BCUT2D eigenvalue weighted by atomic mass is 32.1. The summed E-state index contributed by atoms with van der Waals surface area (Å²) in [5.41, 5.74) is 4.61. The summed E-state index contributed by atoms with van der Waals surface area (Å²) in [5, 5.41) is 29.4. The number of hydrogen-bond donors (Lipinski definition) is 4. The van der Waals surface area contributed by atoms with Crippen LogP contribution in [0.25, 0.3) is 21.7 Å². The number of aryl methyl sites for hydroxylation is 2. The zero-order chi connectivity index (χ0) is 23.2. The summed E-state index contributed by atoms with van der Waals surface area (Å²) >= 11 is 1.44. The Balaban J connectivity index is 1.44. The van der Waals surface area contributed by atoms with Gasteiger partial charge >= 0.3 is 6.03 Å². The third kappa shape index (κ3) is 4.14. The first-order valence-electron chi connectivity index (χ1n) is 10.6. The number of hydrogen-bond acceptors (Lipinski definition) is 8. The summed E-state index contributed by atoms with van der Waals surface area (Å²) in [6.45, 7) is 5.53. The van der Waals surface area contributed by atoms with E-state index in [1.54, 1.807) is 6.07 Å². The maximum absolute atomic E-state index is 11.5. The van der Waals surface area contributed by atoms with E-state index in [9.17, 15) is 15.2 Å². The maximum Gasteiger partial charge on any atom is 0.315 e. The second-order valence-corrected chi connectivity index (χ2v) is 9.54. The number of pyridine rings is 1. The number of nitrogens with zero attached hydrogens (tertiary/aromatic N) is 4. The van der Waals surface area contributed by atoms with Crippen molar-refractivity contribution in [3.05, 3.63) is 53.3 Å². The third-order valence-electron chi connectivity index (χ3n) is 5.81. The van der Waals surface area contributed by atoms with Gasteiger partial charge in [-0.15, -0.1) is 0 Å². The van der Waals surface area contributed by atoms with Crippen LogP contribution in [0.3, 0.4) is 0 Å². The first-order chi connectivity index (χ1) is 15.8. The van der Waals surface area contributed by atoms with Crippen molar-refractivity contribution in [2.45, 2.75) is 25.7 Å². The van der Waals surface area contributed by atoms with E-state index in [0.29, 0.717) is 30.3 Å². The molecule has 1 aromatic carbocycles. The lowest BCUT2D eigenvalue weighted by molar-refractivity contribution is -0.0606. The van der Waals surface area contributed by atoms with E-state index in [-0.39, 0.29) is 11.6 Å². The van der Waals surface area contributed by atoms with Gasteiger partial charge in [-0.2, -0.15) is 5.26 Å². The summed E-state index contributed by atoms with van der Waals surface area (Å²) < 4.78 is 0. The standard InChI is InChI=1S/C23H23N7O2S/c1-13-6-17(7-14(2)26-13)19-18(16-5-3-4-15(8-16)9-24)27-21(33-19)28-22(32)30-11-23(12-30)10-25-20(31)29-23/h3-8,22,32H,10-12H2,1-2H3,(H,27,28)(H2,25,29,31). The van der Waals surface area contributed by atoms with Crippen LogP contribution in [0, 0.1) is 25.2 Å². The number of urea groups is 1. The van der Waals surface area contributed by atoms with Gasteiger partial charge in [0.05, 0.1) is 27.7 Å². The number of thiazole rings is 1. The molecule has 2 amide bonds. The molecular formula is C23H23N7O2S. The largest absolute Gasteiger partial charge is 0.361 e. The number of nitriles is 1. The molecule has 9 nitrogen and oxygen atoms in total. The van der Waals surface area contributed by atoms with Crippen LogP contribution in [0.4, 0.5) is 9.93 Å². The number of nitrogens with one attached hydrogen (secondary N) is 3. The lowest BCUT2D eigenvalue weighted by Gasteiger charge is -2.48. The molecule has 4 heterocycles. The Kier molecular flexibility index (Phi) is 5.25. The van der Waals surface area contributed by atoms with Crippen LogP contribution >= 0.6 is 11.3 Å². The zero-order valence-corrected chi connectivity index (χ0v) is 19.0. The number of carbonyl (C=O) groups excluding carboxylic acids is 1. The fraction of sp³-hybridized carbons (Fsp3) is 0.304. The Morgan fingerprint density at radius 3 is 2.64 bits per heavy atom. The van der Waals surface area contributed by atoms with Gasteiger partial charge in [-0.25, -0.2) is 9.78 Å². The monoisotopic (exact) mass is 461 g/mol. The predicted molar refractivity (Wildman–Crippen MR) is 125 cm³/mol. The van der Waals surface area contributed by atoms with Gasteiger partial charge in [0, 0.05) is 36.6 Å². The van der Waals surface area contributed by atoms with E-state index in [4.69, 9.17) is 4.98 Å². The number of likely N-dealkylation sites (tertiary alicyclic amines) is 1. The predicted octanol–water partition coefficient (Wildman–Crippen LogP) is 2.42. The van der Waals surface area contributed by atoms with Crippen molar-refractivity contribution in [3.8, 4) is 27.8 Å². The minimum atomic E-state index is -0.939. The minimum Gasteiger partial charge on any atom is -0.361 e. The lowest BCUT2D eigenvalue weighted by atomic mass is 9.91. The fourth-order valence-corrected chi connectivity index (χ4v) is 5.34. The van der Waals surface area contributed by atoms with E-state index in [0.717, 1.165) is 33.1 Å². The van der Waals surface area contributed by atoms with Crippen molar-refractivity contribution in [1.29, 1.82) is 5.26 Å². The molecule has 1 unspecified atom stereocenters. The molecule has 2 aromatic heterocycles. The first kappa shape index (κ1) is 21.3. The minimum absolute atomic E-state index is 0.172. The Hall–Kier alpha value is -3.52. The highest BCUT2D eigenvalue weighted by Crippen LogP contribution is 2.40. The lowest BCUT2D eigenvalue weighted by Crippen LogP contribution is -2.71. The van der Waals surface area contributed by atoms with Gasteiger partial charge in [-0.1, -0.05) is 23.5 Å². The van der Waals surface area contributed by atoms with Crippen molar-refractivity contribution in [2.75, 3.05) is 25.0 Å². The van der Waals surface area contributed by atoms with Crippen LogP contribution in [0.5, 0.6) is 0 Å². The Morgan fingerprint density at radius 1 is 1.21 bits per heavy atom. The molecule has 2 fully saturated rings. The number of aliphatic hydroxyl groups is 1. The van der Waals surface area contributed by atoms with Crippen LogP contribution in [-0.2, 0) is 0 Å². The van der Waals surface area contributed by atoms with Crippen LogP contribution in [0.1, 0.15) is 17.0 Å². The SMILES string of the molecule is Cc1cc(-c2sc(NC(O)N3CC4(CNC(=O)N4)C3)nc2-c2cccc(C#N)c2)cc(C)n1. The van der Waals surface area contributed by atoms with Gasteiger partial charge in [0.1, 0.15) is 0 Å². The zero-order valence-electron chi connectivity index (χ0n) is 18.2. The molecule has 4 N–H and O–H groups in total. The number of aromatic nitrogens is 2. The Labute approximate surface area is 195 Å². The van der Waals surface area contributed by atoms with Crippen molar-refractivity contribution in [3.63, 3.8) is 0 Å². The number of anilines is 1. The molecule has 3 aromatic rings. The first-order valence-corrected chi connectivity index (χ1v) is 11.4. The Morgan fingerprint density at radius 2 is 1.97 bits per heavy atom. The van der Waals surface area contributed by atoms with E-state index < -0.39 is 6.35 Å². The second-order valence-electron chi connectivity index (χ2n) is 8.54. The summed E-state index contributed by atoms with van der Waals surface area (Å²) in [7, 11) is 0. The van der Waals surface area contributed by atoms with Gasteiger partial charge in [0.25, 0.3) is 0 Å². The number of benzene rings is 1. The van der Waals surface area contributed by atoms with Gasteiger partial charge in [-0.05, 0) is 43.7 Å². The number of amides is 2. The molecule has 168 valence electrons. The van der Waals surface area contributed by atoms with Gasteiger partial charge in [0.15, 0.2) is 11.5 Å². The van der Waals surface area contributed by atoms with E-state index >= 15 is 0 Å². The molecule has 1 atom stereocenters. The molecule has 10 heteroatoms. The molecule has 0 saturated carbocycles. The molecule has 1 spiro atoms.